The van der Waals surface area contributed by atoms with E-state index in [0.29, 0.717) is 52.6 Å². The van der Waals surface area contributed by atoms with Gasteiger partial charge >= 0.3 is 0 Å². The number of carbonyl (C=O) groups is 1. The fourth-order valence-corrected chi connectivity index (χ4v) is 4.78. The molecule has 1 aromatic heterocycles. The molecule has 0 aliphatic rings. The van der Waals surface area contributed by atoms with Crippen LogP contribution in [0.2, 0.25) is 0 Å². The Bertz CT molecular complexity index is 1450. The van der Waals surface area contributed by atoms with Gasteiger partial charge in [0.2, 0.25) is 0 Å². The number of para-hydroxylation sites is 3. The van der Waals surface area contributed by atoms with Gasteiger partial charge in [0.05, 0.1) is 29.7 Å². The zero-order valence-electron chi connectivity index (χ0n) is 21.6. The molecule has 0 aliphatic heterocycles. The highest BCUT2D eigenvalue weighted by molar-refractivity contribution is 9.10. The average molecular weight is 563 g/mol. The number of carbonyl (C=O) groups excluding carboxylic acids is 1. The van der Waals surface area contributed by atoms with E-state index in [-0.39, 0.29) is 11.5 Å². The summed E-state index contributed by atoms with van der Waals surface area (Å²) in [5, 5.41) is 0.514. The maximum absolute atomic E-state index is 14.0. The third-order valence-corrected chi connectivity index (χ3v) is 7.02. The Kier molecular flexibility index (Phi) is 8.44. The normalized spacial score (nSPS) is 12.1. The quantitative estimate of drug-likeness (QED) is 0.225. The Morgan fingerprint density at radius 1 is 1.03 bits per heavy atom. The van der Waals surface area contributed by atoms with Crippen LogP contribution < -0.4 is 10.3 Å². The predicted octanol–water partition coefficient (Wildman–Crippen LogP) is 6.80. The summed E-state index contributed by atoms with van der Waals surface area (Å²) in [6, 6.07) is 21.7. The summed E-state index contributed by atoms with van der Waals surface area (Å²) in [6.45, 7) is 6.85. The van der Waals surface area contributed by atoms with Crippen LogP contribution in [0, 0.1) is 5.92 Å². The molecular formula is C30H32BrN3O3. The van der Waals surface area contributed by atoms with Crippen LogP contribution in [0.5, 0.6) is 5.75 Å². The van der Waals surface area contributed by atoms with Gasteiger partial charge in [-0.25, -0.2) is 4.98 Å². The van der Waals surface area contributed by atoms with Gasteiger partial charge in [-0.2, -0.15) is 0 Å². The Morgan fingerprint density at radius 3 is 2.38 bits per heavy atom. The summed E-state index contributed by atoms with van der Waals surface area (Å²) in [5.74, 6) is 1.39. The van der Waals surface area contributed by atoms with Crippen LogP contribution in [0.25, 0.3) is 16.6 Å². The molecule has 0 N–H and O–H groups in total. The highest BCUT2D eigenvalue weighted by atomic mass is 79.9. The number of methoxy groups -OCH3 is 1. The molecular weight excluding hydrogens is 530 g/mol. The molecule has 1 heterocycles. The highest BCUT2D eigenvalue weighted by Crippen LogP contribution is 2.31. The van der Waals surface area contributed by atoms with Gasteiger partial charge in [-0.3, -0.25) is 14.2 Å². The smallest absolute Gasteiger partial charge is 0.266 e. The van der Waals surface area contributed by atoms with E-state index in [1.807, 2.05) is 78.6 Å². The Hall–Kier alpha value is -3.45. The molecule has 1 atom stereocenters. The van der Waals surface area contributed by atoms with Crippen molar-refractivity contribution >= 4 is 32.7 Å². The monoisotopic (exact) mass is 561 g/mol. The minimum atomic E-state index is -0.433. The lowest BCUT2D eigenvalue weighted by Crippen LogP contribution is -2.39. The van der Waals surface area contributed by atoms with Crippen molar-refractivity contribution in [2.75, 3.05) is 13.7 Å². The molecule has 3 aromatic carbocycles. The Morgan fingerprint density at radius 2 is 1.70 bits per heavy atom. The van der Waals surface area contributed by atoms with E-state index in [1.165, 1.54) is 0 Å². The zero-order chi connectivity index (χ0) is 26.5. The molecule has 0 fully saturated rings. The number of hydrogen-bond donors (Lipinski definition) is 0. The van der Waals surface area contributed by atoms with Gasteiger partial charge < -0.3 is 9.64 Å². The number of hydrogen-bond acceptors (Lipinski definition) is 4. The maximum atomic E-state index is 14.0. The van der Waals surface area contributed by atoms with Gasteiger partial charge in [-0.05, 0) is 67.3 Å². The summed E-state index contributed by atoms with van der Waals surface area (Å²) in [7, 11) is 1.58. The minimum absolute atomic E-state index is 0.0889. The number of halogens is 1. The molecule has 0 saturated heterocycles. The molecule has 0 bridgehead atoms. The predicted molar refractivity (Wildman–Crippen MR) is 152 cm³/mol. The molecule has 7 heteroatoms. The second-order valence-electron chi connectivity index (χ2n) is 9.41. The third-order valence-electron chi connectivity index (χ3n) is 6.49. The van der Waals surface area contributed by atoms with Crippen molar-refractivity contribution in [3.63, 3.8) is 0 Å². The molecule has 37 heavy (non-hydrogen) atoms. The Labute approximate surface area is 226 Å². The van der Waals surface area contributed by atoms with Crippen LogP contribution in [0.1, 0.15) is 55.8 Å². The number of benzene rings is 3. The van der Waals surface area contributed by atoms with Gasteiger partial charge in [0, 0.05) is 16.6 Å². The molecule has 0 spiro atoms. The summed E-state index contributed by atoms with van der Waals surface area (Å²) >= 11 is 3.46. The number of fused-ring (bicyclic) bond motifs is 1. The van der Waals surface area contributed by atoms with Crippen molar-refractivity contribution < 1.29 is 9.53 Å². The first kappa shape index (κ1) is 26.6. The standard InChI is InChI=1S/C30H32BrN3O3/c1-5-25(33(19-18-20(2)3)29(35)21-14-16-22(31)17-15-21)28-32-24-11-7-6-10-23(24)30(36)34(28)26-12-8-9-13-27(26)37-4/h6-17,20,25H,5,18-19H2,1-4H3. The van der Waals surface area contributed by atoms with Crippen molar-refractivity contribution in [1.29, 1.82) is 0 Å². The van der Waals surface area contributed by atoms with E-state index in [1.54, 1.807) is 17.7 Å². The van der Waals surface area contributed by atoms with E-state index < -0.39 is 6.04 Å². The maximum Gasteiger partial charge on any atom is 0.266 e. The topological polar surface area (TPSA) is 64.4 Å². The third kappa shape index (κ3) is 5.62. The summed E-state index contributed by atoms with van der Waals surface area (Å²) in [5.41, 5.74) is 1.61. The first-order valence-electron chi connectivity index (χ1n) is 12.6. The summed E-state index contributed by atoms with van der Waals surface area (Å²) < 4.78 is 8.16. The zero-order valence-corrected chi connectivity index (χ0v) is 23.2. The first-order valence-corrected chi connectivity index (χ1v) is 13.4. The highest BCUT2D eigenvalue weighted by Gasteiger charge is 2.30. The average Bonchev–Trinajstić information content (AvgIpc) is 2.91. The fourth-order valence-electron chi connectivity index (χ4n) is 4.52. The summed E-state index contributed by atoms with van der Waals surface area (Å²) in [6.07, 6.45) is 1.41. The van der Waals surface area contributed by atoms with Crippen molar-refractivity contribution in [2.45, 2.75) is 39.7 Å². The summed E-state index contributed by atoms with van der Waals surface area (Å²) in [4.78, 5) is 34.8. The van der Waals surface area contributed by atoms with Crippen LogP contribution in [0.4, 0.5) is 0 Å². The lowest BCUT2D eigenvalue weighted by atomic mass is 10.0. The van der Waals surface area contributed by atoms with Crippen molar-refractivity contribution in [1.82, 2.24) is 14.5 Å². The molecule has 192 valence electrons. The van der Waals surface area contributed by atoms with Gasteiger partial charge in [0.15, 0.2) is 0 Å². The molecule has 0 radical (unpaired) electrons. The van der Waals surface area contributed by atoms with Gasteiger partial charge in [0.1, 0.15) is 11.6 Å². The van der Waals surface area contributed by atoms with Gasteiger partial charge in [-0.15, -0.1) is 0 Å². The SMILES string of the molecule is CCC(c1nc2ccccc2c(=O)n1-c1ccccc1OC)N(CCC(C)C)C(=O)c1ccc(Br)cc1. The molecule has 0 saturated carbocycles. The van der Waals surface area contributed by atoms with Crippen molar-refractivity contribution in [2.24, 2.45) is 5.92 Å². The van der Waals surface area contributed by atoms with E-state index in [9.17, 15) is 9.59 Å². The second-order valence-corrected chi connectivity index (χ2v) is 10.3. The molecule has 4 aromatic rings. The van der Waals surface area contributed by atoms with Crippen molar-refractivity contribution in [3.05, 3.63) is 99.0 Å². The lowest BCUT2D eigenvalue weighted by Gasteiger charge is -2.33. The molecule has 1 amide bonds. The number of ether oxygens (including phenoxy) is 1. The molecule has 4 rings (SSSR count). The van der Waals surface area contributed by atoms with E-state index >= 15 is 0 Å². The van der Waals surface area contributed by atoms with Crippen LogP contribution in [-0.2, 0) is 0 Å². The Balaban J connectivity index is 1.96. The van der Waals surface area contributed by atoms with Crippen LogP contribution in [-0.4, -0.2) is 34.0 Å². The van der Waals surface area contributed by atoms with Crippen LogP contribution in [0.15, 0.2) is 82.1 Å². The minimum Gasteiger partial charge on any atom is -0.495 e. The van der Waals surface area contributed by atoms with E-state index in [0.717, 1.165) is 10.9 Å². The largest absolute Gasteiger partial charge is 0.495 e. The van der Waals surface area contributed by atoms with Crippen molar-refractivity contribution in [3.8, 4) is 11.4 Å². The van der Waals surface area contributed by atoms with E-state index in [4.69, 9.17) is 9.72 Å². The molecule has 1 unspecified atom stereocenters. The molecule has 6 nitrogen and oxygen atoms in total. The number of aromatic nitrogens is 2. The van der Waals surface area contributed by atoms with Crippen LogP contribution >= 0.6 is 15.9 Å². The first-order chi connectivity index (χ1) is 17.8. The van der Waals surface area contributed by atoms with Crippen LogP contribution in [0.3, 0.4) is 0 Å². The van der Waals surface area contributed by atoms with Gasteiger partial charge in [-0.1, -0.05) is 61.0 Å². The molecule has 0 aliphatic carbocycles. The number of amides is 1. The fraction of sp³-hybridized carbons (Fsp3) is 0.300. The number of rotatable bonds is 9. The van der Waals surface area contributed by atoms with Gasteiger partial charge in [0.25, 0.3) is 11.5 Å². The lowest BCUT2D eigenvalue weighted by molar-refractivity contribution is 0.0648. The number of nitrogens with zero attached hydrogens (tertiary/aromatic N) is 3. The van der Waals surface area contributed by atoms with E-state index in [2.05, 4.69) is 29.8 Å². The second kappa shape index (κ2) is 11.7.